The summed E-state index contributed by atoms with van der Waals surface area (Å²) in [5.74, 6) is -1.06. The highest BCUT2D eigenvalue weighted by molar-refractivity contribution is 7.89. The van der Waals surface area contributed by atoms with E-state index < -0.39 is 16.0 Å². The van der Waals surface area contributed by atoms with Gasteiger partial charge >= 0.3 is 5.97 Å². The van der Waals surface area contributed by atoms with E-state index in [9.17, 15) is 13.2 Å². The summed E-state index contributed by atoms with van der Waals surface area (Å²) in [6.07, 6.45) is 1.71. The predicted octanol–water partition coefficient (Wildman–Crippen LogP) is 0.255. The highest BCUT2D eigenvalue weighted by Crippen LogP contribution is 2.11. The lowest BCUT2D eigenvalue weighted by Crippen LogP contribution is -2.45. The summed E-state index contributed by atoms with van der Waals surface area (Å²) in [7, 11) is -3.33. The molecule has 7 heteroatoms. The second-order valence-electron chi connectivity index (χ2n) is 4.64. The van der Waals surface area contributed by atoms with Crippen LogP contribution in [0, 0.1) is 0 Å². The van der Waals surface area contributed by atoms with Gasteiger partial charge in [-0.3, -0.25) is 4.79 Å². The third-order valence-corrected chi connectivity index (χ3v) is 4.70. The number of hydrogen-bond donors (Lipinski definition) is 2. The van der Waals surface area contributed by atoms with E-state index in [2.05, 4.69) is 16.5 Å². The van der Waals surface area contributed by atoms with Gasteiger partial charge in [0.25, 0.3) is 0 Å². The number of likely N-dealkylation sites (tertiary alicyclic amines) is 1. The lowest BCUT2D eigenvalue weighted by atomic mass is 10.1. The highest BCUT2D eigenvalue weighted by atomic mass is 32.2. The molecule has 0 aromatic rings. The molecule has 6 nitrogen and oxygen atoms in total. The summed E-state index contributed by atoms with van der Waals surface area (Å²) in [5.41, 5.74) is 0. The molecule has 0 bridgehead atoms. The Balaban J connectivity index is 2.30. The molecule has 1 aliphatic rings. The van der Waals surface area contributed by atoms with Gasteiger partial charge in [0, 0.05) is 12.5 Å². The van der Waals surface area contributed by atoms with Crippen LogP contribution in [0.2, 0.25) is 0 Å². The molecule has 0 aromatic carbocycles. The summed E-state index contributed by atoms with van der Waals surface area (Å²) in [6.45, 7) is 4.92. The molecule has 0 spiro atoms. The summed E-state index contributed by atoms with van der Waals surface area (Å²) in [5, 5.41) is 8.47. The van der Waals surface area contributed by atoms with Gasteiger partial charge in [-0.1, -0.05) is 6.92 Å². The fourth-order valence-electron chi connectivity index (χ4n) is 2.09. The number of carbonyl (C=O) groups is 1. The van der Waals surface area contributed by atoms with Crippen LogP contribution in [0.5, 0.6) is 0 Å². The Morgan fingerprint density at radius 3 is 2.50 bits per heavy atom. The number of aliphatic carboxylic acids is 1. The van der Waals surface area contributed by atoms with Crippen molar-refractivity contribution in [1.82, 2.24) is 9.62 Å². The predicted molar refractivity (Wildman–Crippen MR) is 68.9 cm³/mol. The molecule has 0 atom stereocenters. The second-order valence-corrected chi connectivity index (χ2v) is 6.52. The largest absolute Gasteiger partial charge is 0.481 e. The zero-order chi connectivity index (χ0) is 13.6. The van der Waals surface area contributed by atoms with E-state index in [0.717, 1.165) is 32.5 Å². The molecule has 1 rings (SSSR count). The van der Waals surface area contributed by atoms with Crippen molar-refractivity contribution in [2.75, 3.05) is 25.4 Å². The van der Waals surface area contributed by atoms with Gasteiger partial charge in [0.1, 0.15) is 0 Å². The smallest absolute Gasteiger partial charge is 0.303 e. The molecule has 0 unspecified atom stereocenters. The van der Waals surface area contributed by atoms with Gasteiger partial charge in [-0.2, -0.15) is 0 Å². The molecule has 18 heavy (non-hydrogen) atoms. The summed E-state index contributed by atoms with van der Waals surface area (Å²) in [4.78, 5) is 12.6. The maximum absolute atomic E-state index is 11.7. The molecule has 0 aromatic heterocycles. The Bertz CT molecular complexity index is 361. The van der Waals surface area contributed by atoms with Crippen LogP contribution in [0.15, 0.2) is 0 Å². The first-order chi connectivity index (χ1) is 8.43. The first-order valence-corrected chi connectivity index (χ1v) is 8.02. The van der Waals surface area contributed by atoms with Gasteiger partial charge in [0.05, 0.1) is 5.75 Å². The normalized spacial score (nSPS) is 18.9. The summed E-state index contributed by atoms with van der Waals surface area (Å²) >= 11 is 0. The molecule has 0 saturated carbocycles. The lowest BCUT2D eigenvalue weighted by molar-refractivity contribution is -0.137. The van der Waals surface area contributed by atoms with E-state index in [-0.39, 0.29) is 24.6 Å². The van der Waals surface area contributed by atoms with Crippen LogP contribution in [0.3, 0.4) is 0 Å². The Labute approximate surface area is 108 Å². The molecular formula is C11H22N2O4S. The zero-order valence-electron chi connectivity index (χ0n) is 10.8. The average molecular weight is 278 g/mol. The number of carboxylic acid groups (broad SMARTS) is 1. The molecule has 0 amide bonds. The Morgan fingerprint density at radius 2 is 2.00 bits per heavy atom. The van der Waals surface area contributed by atoms with Crippen molar-refractivity contribution in [3.05, 3.63) is 0 Å². The van der Waals surface area contributed by atoms with Crippen LogP contribution in [0.25, 0.3) is 0 Å². The van der Waals surface area contributed by atoms with Crippen LogP contribution in [0.4, 0.5) is 0 Å². The fraction of sp³-hybridized carbons (Fsp3) is 0.909. The molecule has 1 fully saturated rings. The summed E-state index contributed by atoms with van der Waals surface area (Å²) in [6, 6.07) is 0.00243. The van der Waals surface area contributed by atoms with Crippen molar-refractivity contribution in [2.45, 2.75) is 38.6 Å². The highest BCUT2D eigenvalue weighted by Gasteiger charge is 2.22. The maximum atomic E-state index is 11.7. The van der Waals surface area contributed by atoms with E-state index in [1.807, 2.05) is 0 Å². The third-order valence-electron chi connectivity index (χ3n) is 3.18. The van der Waals surface area contributed by atoms with Crippen LogP contribution in [-0.2, 0) is 14.8 Å². The minimum atomic E-state index is -3.33. The SMILES string of the molecule is CCN1CCC(NS(=O)(=O)CCCC(=O)O)CC1. The van der Waals surface area contributed by atoms with Gasteiger partial charge in [-0.05, 0) is 38.9 Å². The van der Waals surface area contributed by atoms with E-state index in [1.165, 1.54) is 0 Å². The minimum Gasteiger partial charge on any atom is -0.481 e. The van der Waals surface area contributed by atoms with Gasteiger partial charge in [0.2, 0.25) is 10.0 Å². The quantitative estimate of drug-likeness (QED) is 0.697. The number of piperidine rings is 1. The lowest BCUT2D eigenvalue weighted by Gasteiger charge is -2.31. The van der Waals surface area contributed by atoms with E-state index in [1.54, 1.807) is 0 Å². The molecular weight excluding hydrogens is 256 g/mol. The molecule has 0 aliphatic carbocycles. The zero-order valence-corrected chi connectivity index (χ0v) is 11.6. The van der Waals surface area contributed by atoms with Crippen molar-refractivity contribution in [1.29, 1.82) is 0 Å². The number of rotatable bonds is 7. The molecule has 2 N–H and O–H groups in total. The van der Waals surface area contributed by atoms with Gasteiger partial charge in [0.15, 0.2) is 0 Å². The van der Waals surface area contributed by atoms with Gasteiger partial charge < -0.3 is 10.0 Å². The van der Waals surface area contributed by atoms with Gasteiger partial charge in [-0.15, -0.1) is 0 Å². The van der Waals surface area contributed by atoms with Crippen molar-refractivity contribution in [3.8, 4) is 0 Å². The molecule has 1 heterocycles. The van der Waals surface area contributed by atoms with Crippen LogP contribution in [-0.4, -0.2) is 55.8 Å². The first kappa shape index (κ1) is 15.4. The maximum Gasteiger partial charge on any atom is 0.303 e. The van der Waals surface area contributed by atoms with Crippen molar-refractivity contribution in [2.24, 2.45) is 0 Å². The Hall–Kier alpha value is -0.660. The van der Waals surface area contributed by atoms with E-state index in [0.29, 0.717) is 0 Å². The molecule has 106 valence electrons. The van der Waals surface area contributed by atoms with Crippen LogP contribution < -0.4 is 4.72 Å². The van der Waals surface area contributed by atoms with Crippen LogP contribution >= 0.6 is 0 Å². The number of nitrogens with one attached hydrogen (secondary N) is 1. The summed E-state index contributed by atoms with van der Waals surface area (Å²) < 4.78 is 26.1. The number of hydrogen-bond acceptors (Lipinski definition) is 4. The minimum absolute atomic E-state index is 0.00243. The third kappa shape index (κ3) is 5.79. The molecule has 1 saturated heterocycles. The molecule has 0 radical (unpaired) electrons. The topological polar surface area (TPSA) is 86.7 Å². The van der Waals surface area contributed by atoms with Crippen LogP contribution in [0.1, 0.15) is 32.6 Å². The standard InChI is InChI=1S/C11H22N2O4S/c1-2-13-7-5-10(6-8-13)12-18(16,17)9-3-4-11(14)15/h10,12H,2-9H2,1H3,(H,14,15). The number of sulfonamides is 1. The van der Waals surface area contributed by atoms with E-state index >= 15 is 0 Å². The van der Waals surface area contributed by atoms with Crippen molar-refractivity contribution < 1.29 is 18.3 Å². The van der Waals surface area contributed by atoms with Gasteiger partial charge in [-0.25, -0.2) is 13.1 Å². The second kappa shape index (κ2) is 7.06. The Morgan fingerprint density at radius 1 is 1.39 bits per heavy atom. The number of carboxylic acids is 1. The van der Waals surface area contributed by atoms with Crippen molar-refractivity contribution in [3.63, 3.8) is 0 Å². The molecule has 1 aliphatic heterocycles. The van der Waals surface area contributed by atoms with E-state index in [4.69, 9.17) is 5.11 Å². The first-order valence-electron chi connectivity index (χ1n) is 6.37. The fourth-order valence-corrected chi connectivity index (χ4v) is 3.48. The average Bonchev–Trinajstić information content (AvgIpc) is 2.28. The number of nitrogens with zero attached hydrogens (tertiary/aromatic N) is 1. The monoisotopic (exact) mass is 278 g/mol. The van der Waals surface area contributed by atoms with Crippen molar-refractivity contribution >= 4 is 16.0 Å². The Kier molecular flexibility index (Phi) is 6.04.